The molecule has 7 aromatic rings. The van der Waals surface area contributed by atoms with E-state index in [4.69, 9.17) is 56.8 Å². The number of fused-ring (bicyclic) bond motifs is 2. The van der Waals surface area contributed by atoms with Gasteiger partial charge in [-0.1, -0.05) is 97.1 Å². The number of aliphatic hydroxyl groups excluding tert-OH is 2. The van der Waals surface area contributed by atoms with Crippen LogP contribution in [-0.4, -0.2) is 144 Å². The second-order valence-corrected chi connectivity index (χ2v) is 17.4. The summed E-state index contributed by atoms with van der Waals surface area (Å²) < 4.78 is 67.0. The second-order valence-electron chi connectivity index (χ2n) is 17.4. The lowest BCUT2D eigenvalue weighted by molar-refractivity contribution is 0.103. The quantitative estimate of drug-likeness (QED) is 0.0133. The van der Waals surface area contributed by atoms with Gasteiger partial charge in [-0.15, -0.1) is 0 Å². The van der Waals surface area contributed by atoms with Crippen molar-refractivity contribution in [3.63, 3.8) is 0 Å². The molecule has 0 radical (unpaired) electrons. The smallest absolute Gasteiger partial charge is 0.203 e. The molecule has 0 unspecified atom stereocenters. The van der Waals surface area contributed by atoms with Crippen LogP contribution >= 0.6 is 0 Å². The first-order chi connectivity index (χ1) is 38.1. The number of carbonyl (C=O) groups is 2. The van der Waals surface area contributed by atoms with Crippen LogP contribution in [0.4, 0.5) is 0 Å². The summed E-state index contributed by atoms with van der Waals surface area (Å²) in [4.78, 5) is 27.7. The number of carbonyl (C=O) groups excluding carboxylic acids is 2. The summed E-state index contributed by atoms with van der Waals surface area (Å²) in [6, 6.07) is 37.3. The number of aliphatic hydroxyl groups is 2. The molecule has 0 amide bonds. The van der Waals surface area contributed by atoms with Crippen LogP contribution in [0.2, 0.25) is 0 Å². The van der Waals surface area contributed by atoms with Crippen LogP contribution in [0.15, 0.2) is 133 Å². The number of hydrogen-bond acceptors (Lipinski definition) is 16. The van der Waals surface area contributed by atoms with E-state index >= 15 is 0 Å². The van der Waals surface area contributed by atoms with Gasteiger partial charge in [-0.2, -0.15) is 0 Å². The minimum Gasteiger partial charge on any atom is -0.507 e. The molecule has 0 bridgehead atoms. The Kier molecular flexibility index (Phi) is 21.9. The Bertz CT molecular complexity index is 2830. The van der Waals surface area contributed by atoms with E-state index in [2.05, 4.69) is 24.3 Å². The number of ketones is 2. The van der Waals surface area contributed by atoms with E-state index in [1.54, 1.807) is 91.2 Å². The molecule has 0 aliphatic carbocycles. The van der Waals surface area contributed by atoms with E-state index in [1.165, 1.54) is 12.2 Å². The molecule has 16 nitrogen and oxygen atoms in total. The van der Waals surface area contributed by atoms with Crippen molar-refractivity contribution in [2.45, 2.75) is 0 Å². The summed E-state index contributed by atoms with van der Waals surface area (Å²) in [5.41, 5.74) is 5.01. The Morgan fingerprint density at radius 3 is 0.859 bits per heavy atom. The normalized spacial score (nSPS) is 11.7. The highest BCUT2D eigenvalue weighted by atomic mass is 16.6. The molecule has 410 valence electrons. The molecular formula is C62H66O16. The molecule has 0 aliphatic rings. The maximum Gasteiger partial charge on any atom is 0.203 e. The Balaban J connectivity index is 1.17. The van der Waals surface area contributed by atoms with Crippen molar-refractivity contribution in [3.8, 4) is 56.8 Å². The monoisotopic (exact) mass is 1070 g/mol. The van der Waals surface area contributed by atoms with Gasteiger partial charge in [-0.25, -0.2) is 0 Å². The number of rotatable bonds is 32. The molecule has 0 saturated carbocycles. The average Bonchev–Trinajstić information content (AvgIpc) is 3.55. The van der Waals surface area contributed by atoms with Gasteiger partial charge in [0.2, 0.25) is 11.5 Å². The third kappa shape index (κ3) is 14.7. The summed E-state index contributed by atoms with van der Waals surface area (Å²) >= 11 is 0. The summed E-state index contributed by atoms with van der Waals surface area (Å²) in [5.74, 6) is 0.229. The van der Waals surface area contributed by atoms with Gasteiger partial charge >= 0.3 is 0 Å². The lowest BCUT2D eigenvalue weighted by Crippen LogP contribution is -2.12. The third-order valence-electron chi connectivity index (χ3n) is 12.3. The van der Waals surface area contributed by atoms with Gasteiger partial charge in [0.25, 0.3) is 0 Å². The number of ether oxygens (including phenoxy) is 12. The van der Waals surface area contributed by atoms with Crippen LogP contribution in [0.3, 0.4) is 0 Å². The number of methoxy groups -OCH3 is 6. The van der Waals surface area contributed by atoms with E-state index in [1.807, 2.05) is 48.5 Å². The van der Waals surface area contributed by atoms with Crippen molar-refractivity contribution in [3.05, 3.63) is 156 Å². The van der Waals surface area contributed by atoms with Crippen molar-refractivity contribution < 1.29 is 76.6 Å². The molecule has 0 heterocycles. The molecule has 16 heteroatoms. The van der Waals surface area contributed by atoms with E-state index < -0.39 is 11.6 Å². The molecule has 7 rings (SSSR count). The van der Waals surface area contributed by atoms with Gasteiger partial charge in [-0.3, -0.25) is 9.59 Å². The standard InChI is InChI=1S/C62H66O16/c1-67-23-29-73-55-35-45(36-56(74-30-24-68-2)61(55)77-33-27-71-5)53(65)39-51(63)41-15-19-43(20-16-41)59-47-11-7-9-13-49(47)60(50-14-10-8-12-48(50)59)44-21-17-42(18-22-44)52(64)40-54(66)46-37-57(75-31-25-69-3)62(78-34-28-72-6)58(38-46)76-32-26-70-4/h7-22,35-40,63-64H,23-34H2,1-6H3/b51-39-,52-40-. The zero-order chi connectivity index (χ0) is 55.2. The van der Waals surface area contributed by atoms with Crippen LogP contribution in [0, 0.1) is 0 Å². The number of benzene rings is 7. The first kappa shape index (κ1) is 57.7. The van der Waals surface area contributed by atoms with Gasteiger partial charge in [0.1, 0.15) is 51.2 Å². The molecule has 7 aromatic carbocycles. The highest BCUT2D eigenvalue weighted by Gasteiger charge is 2.23. The van der Waals surface area contributed by atoms with Gasteiger partial charge in [0.15, 0.2) is 34.6 Å². The average molecular weight is 1070 g/mol. The Labute approximate surface area is 454 Å². The minimum absolute atomic E-state index is 0.183. The van der Waals surface area contributed by atoms with Crippen LogP contribution < -0.4 is 28.4 Å². The summed E-state index contributed by atoms with van der Waals surface area (Å²) in [5, 5.41) is 26.8. The predicted octanol–water partition coefficient (Wildman–Crippen LogP) is 11.0. The SMILES string of the molecule is COCCOc1cc(C(=O)/C=C(\O)c2ccc(-c3c4ccccc4c(-c4ccc(/C(O)=C/C(=O)c5cc(OCCOC)c(OCCOC)c(OCCOC)c5)cc4)c4ccccc34)cc2)cc(OCCOC)c1OCCOC. The maximum absolute atomic E-state index is 13.9. The Morgan fingerprint density at radius 1 is 0.346 bits per heavy atom. The maximum atomic E-state index is 13.9. The fourth-order valence-corrected chi connectivity index (χ4v) is 8.49. The van der Waals surface area contributed by atoms with Crippen LogP contribution in [-0.2, 0) is 28.4 Å². The topological polar surface area (TPSA) is 185 Å². The fraction of sp³-hybridized carbons (Fsp3) is 0.290. The third-order valence-corrected chi connectivity index (χ3v) is 12.3. The highest BCUT2D eigenvalue weighted by molar-refractivity contribution is 6.21. The van der Waals surface area contributed by atoms with Crippen LogP contribution in [0.5, 0.6) is 34.5 Å². The lowest BCUT2D eigenvalue weighted by atomic mass is 9.85. The van der Waals surface area contributed by atoms with Gasteiger partial charge in [0, 0.05) is 77.1 Å². The summed E-state index contributed by atoms with van der Waals surface area (Å²) in [6.45, 7) is 2.94. The molecular weight excluding hydrogens is 1000 g/mol. The Morgan fingerprint density at radius 2 is 0.603 bits per heavy atom. The molecule has 0 aliphatic heterocycles. The van der Waals surface area contributed by atoms with Crippen molar-refractivity contribution in [2.24, 2.45) is 0 Å². The van der Waals surface area contributed by atoms with E-state index in [9.17, 15) is 19.8 Å². The molecule has 0 atom stereocenters. The van der Waals surface area contributed by atoms with E-state index in [0.717, 1.165) is 43.8 Å². The van der Waals surface area contributed by atoms with Crippen molar-refractivity contribution in [2.75, 3.05) is 122 Å². The molecule has 0 saturated heterocycles. The van der Waals surface area contributed by atoms with Gasteiger partial charge in [0.05, 0.1) is 39.6 Å². The fourth-order valence-electron chi connectivity index (χ4n) is 8.49. The predicted molar refractivity (Wildman–Crippen MR) is 299 cm³/mol. The first-order valence-corrected chi connectivity index (χ1v) is 25.3. The molecule has 78 heavy (non-hydrogen) atoms. The van der Waals surface area contributed by atoms with E-state index in [-0.39, 0.29) is 85.3 Å². The summed E-state index contributed by atoms with van der Waals surface area (Å²) in [6.07, 6.45) is 2.33. The van der Waals surface area contributed by atoms with Crippen molar-refractivity contribution >= 4 is 44.6 Å². The molecule has 0 spiro atoms. The number of allylic oxidation sites excluding steroid dienone is 2. The summed E-state index contributed by atoms with van der Waals surface area (Å²) in [7, 11) is 9.36. The Hall–Kier alpha value is -7.96. The highest BCUT2D eigenvalue weighted by Crippen LogP contribution is 2.45. The molecule has 2 N–H and O–H groups in total. The zero-order valence-electron chi connectivity index (χ0n) is 44.8. The second kappa shape index (κ2) is 29.5. The van der Waals surface area contributed by atoms with Crippen LogP contribution in [0.25, 0.3) is 55.3 Å². The van der Waals surface area contributed by atoms with Gasteiger partial charge < -0.3 is 67.1 Å². The molecule has 0 aromatic heterocycles. The minimum atomic E-state index is -0.489. The zero-order valence-corrected chi connectivity index (χ0v) is 44.8. The van der Waals surface area contributed by atoms with Crippen molar-refractivity contribution in [1.82, 2.24) is 0 Å². The number of hydrogen-bond donors (Lipinski definition) is 2. The van der Waals surface area contributed by atoms with Gasteiger partial charge in [-0.05, 0) is 68.1 Å². The van der Waals surface area contributed by atoms with E-state index in [0.29, 0.717) is 62.3 Å². The first-order valence-electron chi connectivity index (χ1n) is 25.3. The van der Waals surface area contributed by atoms with Crippen LogP contribution in [0.1, 0.15) is 31.8 Å². The largest absolute Gasteiger partial charge is 0.507 e. The lowest BCUT2D eigenvalue weighted by Gasteiger charge is -2.18. The molecule has 0 fully saturated rings. The van der Waals surface area contributed by atoms with Crippen molar-refractivity contribution in [1.29, 1.82) is 0 Å².